The summed E-state index contributed by atoms with van der Waals surface area (Å²) in [6.07, 6.45) is -0.991. The average Bonchev–Trinajstić information content (AvgIpc) is 2.77. The maximum Gasteiger partial charge on any atom is 0.416 e. The molecule has 0 spiro atoms. The Morgan fingerprint density at radius 2 is 1.44 bits per heavy atom. The van der Waals surface area contributed by atoms with Crippen LogP contribution in [0, 0.1) is 5.92 Å². The first-order valence-corrected chi connectivity index (χ1v) is 10.2. The van der Waals surface area contributed by atoms with E-state index in [0.717, 1.165) is 23.5 Å². The molecule has 1 aromatic heterocycles. The van der Waals surface area contributed by atoms with Gasteiger partial charge in [0, 0.05) is 47.6 Å². The zero-order valence-corrected chi connectivity index (χ0v) is 17.8. The normalized spacial score (nSPS) is 12.3. The predicted molar refractivity (Wildman–Crippen MR) is 120 cm³/mol. The fraction of sp³-hybridized carbons (Fsp3) is 0.250. The number of pyridine rings is 1. The van der Waals surface area contributed by atoms with Gasteiger partial charge >= 0.3 is 6.18 Å². The molecule has 1 atom stereocenters. The largest absolute Gasteiger partial charge is 0.416 e. The zero-order chi connectivity index (χ0) is 23.1. The van der Waals surface area contributed by atoms with Gasteiger partial charge in [0.15, 0.2) is 0 Å². The van der Waals surface area contributed by atoms with Gasteiger partial charge in [0.2, 0.25) is 0 Å². The number of nitrogens with one attached hydrogen (secondary N) is 3. The Hall–Kier alpha value is -3.55. The van der Waals surface area contributed by atoms with Gasteiger partial charge in [-0.3, -0.25) is 9.78 Å². The van der Waals surface area contributed by atoms with E-state index in [4.69, 9.17) is 0 Å². The summed E-state index contributed by atoms with van der Waals surface area (Å²) in [4.78, 5) is 16.5. The lowest BCUT2D eigenvalue weighted by atomic mass is 10.0. The third-order valence-corrected chi connectivity index (χ3v) is 4.97. The summed E-state index contributed by atoms with van der Waals surface area (Å²) < 4.78 is 38.2. The smallest absolute Gasteiger partial charge is 0.380 e. The number of alkyl halides is 3. The minimum absolute atomic E-state index is 0.143. The topological polar surface area (TPSA) is 66.0 Å². The number of halogens is 3. The van der Waals surface area contributed by atoms with Crippen LogP contribution in [0.3, 0.4) is 0 Å². The number of benzene rings is 2. The third-order valence-electron chi connectivity index (χ3n) is 4.97. The average molecular weight is 442 g/mol. The van der Waals surface area contributed by atoms with Gasteiger partial charge in [-0.15, -0.1) is 0 Å². The van der Waals surface area contributed by atoms with Crippen molar-refractivity contribution in [2.45, 2.75) is 26.1 Å². The minimum Gasteiger partial charge on any atom is -0.380 e. The summed E-state index contributed by atoms with van der Waals surface area (Å²) in [7, 11) is 0. The summed E-state index contributed by atoms with van der Waals surface area (Å²) in [5.41, 5.74) is 2.13. The van der Waals surface area contributed by atoms with Crippen LogP contribution in [0.15, 0.2) is 73.1 Å². The first-order chi connectivity index (χ1) is 15.2. The van der Waals surface area contributed by atoms with Crippen molar-refractivity contribution in [3.8, 4) is 0 Å². The van der Waals surface area contributed by atoms with Crippen molar-refractivity contribution in [3.05, 3.63) is 84.2 Å². The van der Waals surface area contributed by atoms with Gasteiger partial charge < -0.3 is 16.0 Å². The highest BCUT2D eigenvalue weighted by Gasteiger charge is 2.30. The number of carbonyl (C=O) groups is 1. The van der Waals surface area contributed by atoms with Crippen molar-refractivity contribution in [1.29, 1.82) is 0 Å². The van der Waals surface area contributed by atoms with E-state index in [-0.39, 0.29) is 17.9 Å². The number of amides is 1. The molecule has 3 aromatic rings. The number of hydrogen-bond donors (Lipinski definition) is 3. The molecule has 0 saturated heterocycles. The van der Waals surface area contributed by atoms with Crippen LogP contribution in [0.4, 0.5) is 30.2 Å². The van der Waals surface area contributed by atoms with E-state index in [1.807, 2.05) is 38.1 Å². The first kappa shape index (κ1) is 23.1. The van der Waals surface area contributed by atoms with E-state index < -0.39 is 11.7 Å². The van der Waals surface area contributed by atoms with E-state index in [1.54, 1.807) is 24.5 Å². The van der Waals surface area contributed by atoms with Gasteiger partial charge in [-0.05, 0) is 66.6 Å². The molecular formula is C24H25F3N4O. The van der Waals surface area contributed by atoms with E-state index in [2.05, 4.69) is 20.9 Å². The van der Waals surface area contributed by atoms with Crippen LogP contribution < -0.4 is 16.0 Å². The Morgan fingerprint density at radius 3 is 2.00 bits per heavy atom. The van der Waals surface area contributed by atoms with Gasteiger partial charge in [-0.1, -0.05) is 13.8 Å². The molecule has 0 saturated carbocycles. The summed E-state index contributed by atoms with van der Waals surface area (Å²) in [6, 6.07) is 15.5. The molecular weight excluding hydrogens is 417 g/mol. The van der Waals surface area contributed by atoms with Crippen molar-refractivity contribution in [2.75, 3.05) is 17.2 Å². The lowest BCUT2D eigenvalue weighted by molar-refractivity contribution is -0.137. The van der Waals surface area contributed by atoms with Gasteiger partial charge in [0.25, 0.3) is 5.91 Å². The molecule has 3 N–H and O–H groups in total. The van der Waals surface area contributed by atoms with Gasteiger partial charge in [0.1, 0.15) is 0 Å². The Balaban J connectivity index is 1.56. The fourth-order valence-corrected chi connectivity index (χ4v) is 3.03. The maximum atomic E-state index is 12.7. The van der Waals surface area contributed by atoms with Crippen LogP contribution in [0.2, 0.25) is 0 Å². The number of aromatic nitrogens is 1. The molecule has 0 fully saturated rings. The lowest BCUT2D eigenvalue weighted by Crippen LogP contribution is -2.39. The van der Waals surface area contributed by atoms with Crippen LogP contribution >= 0.6 is 0 Å². The van der Waals surface area contributed by atoms with E-state index in [1.165, 1.54) is 12.1 Å². The zero-order valence-electron chi connectivity index (χ0n) is 17.8. The van der Waals surface area contributed by atoms with Crippen LogP contribution in [0.1, 0.15) is 29.8 Å². The highest BCUT2D eigenvalue weighted by Crippen LogP contribution is 2.30. The molecule has 0 aliphatic rings. The second-order valence-electron chi connectivity index (χ2n) is 7.72. The number of anilines is 3. The molecule has 0 unspecified atom stereocenters. The highest BCUT2D eigenvalue weighted by atomic mass is 19.4. The summed E-state index contributed by atoms with van der Waals surface area (Å²) in [5.74, 6) is -0.0788. The molecule has 0 aliphatic carbocycles. The Morgan fingerprint density at radius 1 is 0.875 bits per heavy atom. The van der Waals surface area contributed by atoms with E-state index >= 15 is 0 Å². The van der Waals surface area contributed by atoms with Crippen molar-refractivity contribution in [1.82, 2.24) is 10.3 Å². The minimum atomic E-state index is -4.37. The van der Waals surface area contributed by atoms with Crippen LogP contribution in [0.25, 0.3) is 0 Å². The molecule has 0 bridgehead atoms. The molecule has 0 radical (unpaired) electrons. The molecule has 1 amide bonds. The van der Waals surface area contributed by atoms with Crippen LogP contribution in [-0.4, -0.2) is 23.5 Å². The number of carbonyl (C=O) groups excluding carboxylic acids is 1. The Bertz CT molecular complexity index is 1000. The summed E-state index contributed by atoms with van der Waals surface area (Å²) >= 11 is 0. The fourth-order valence-electron chi connectivity index (χ4n) is 3.03. The SMILES string of the molecule is CC(C)[C@H](CNC(=O)c1ccc(Nc2ccncc2)cc1)Nc1ccc(C(F)(F)F)cc1. The highest BCUT2D eigenvalue weighted by molar-refractivity contribution is 5.94. The predicted octanol–water partition coefficient (Wildman–Crippen LogP) is 5.71. The van der Waals surface area contributed by atoms with Crippen molar-refractivity contribution < 1.29 is 18.0 Å². The number of rotatable bonds is 8. The van der Waals surface area contributed by atoms with Crippen LogP contribution in [-0.2, 0) is 6.18 Å². The second kappa shape index (κ2) is 10.2. The lowest BCUT2D eigenvalue weighted by Gasteiger charge is -2.24. The van der Waals surface area contributed by atoms with Crippen molar-refractivity contribution in [2.24, 2.45) is 5.92 Å². The molecule has 32 heavy (non-hydrogen) atoms. The molecule has 5 nitrogen and oxygen atoms in total. The molecule has 3 rings (SSSR count). The van der Waals surface area contributed by atoms with E-state index in [0.29, 0.717) is 17.8 Å². The Labute approximate surface area is 185 Å². The Kier molecular flexibility index (Phi) is 7.35. The summed E-state index contributed by atoms with van der Waals surface area (Å²) in [6.45, 7) is 4.29. The van der Waals surface area contributed by atoms with Crippen molar-refractivity contribution >= 4 is 23.0 Å². The molecule has 8 heteroatoms. The molecule has 168 valence electrons. The summed E-state index contributed by atoms with van der Waals surface area (Å²) in [5, 5.41) is 9.32. The standard InChI is InChI=1S/C24H25F3N4O/c1-16(2)22(31-20-9-5-18(6-10-20)24(25,26)27)15-29-23(32)17-3-7-19(8-4-17)30-21-11-13-28-14-12-21/h3-14,16,22,31H,15H2,1-2H3,(H,28,30)(H,29,32)/t22-/m0/s1. The van der Waals surface area contributed by atoms with Gasteiger partial charge in [0.05, 0.1) is 5.56 Å². The monoisotopic (exact) mass is 442 g/mol. The third kappa shape index (κ3) is 6.47. The number of nitrogens with zero attached hydrogens (tertiary/aromatic N) is 1. The molecule has 1 heterocycles. The van der Waals surface area contributed by atoms with Crippen LogP contribution in [0.5, 0.6) is 0 Å². The quantitative estimate of drug-likeness (QED) is 0.418. The number of hydrogen-bond acceptors (Lipinski definition) is 4. The first-order valence-electron chi connectivity index (χ1n) is 10.2. The van der Waals surface area contributed by atoms with E-state index in [9.17, 15) is 18.0 Å². The molecule has 0 aliphatic heterocycles. The van der Waals surface area contributed by atoms with Gasteiger partial charge in [-0.25, -0.2) is 0 Å². The maximum absolute atomic E-state index is 12.7. The second-order valence-corrected chi connectivity index (χ2v) is 7.72. The van der Waals surface area contributed by atoms with Crippen molar-refractivity contribution in [3.63, 3.8) is 0 Å². The van der Waals surface area contributed by atoms with Gasteiger partial charge in [-0.2, -0.15) is 13.2 Å². The molecule has 2 aromatic carbocycles.